The standard InChI is InChI=1S/C13H16N2O2S2/c1-15-6-4-10(5-7-15)19(16,17)11-2-3-12-13(8-11)18-9-14-12/h2-3,8-10H,4-7H2,1H3. The van der Waals surface area contributed by atoms with Gasteiger partial charge in [0, 0.05) is 0 Å². The lowest BCUT2D eigenvalue weighted by atomic mass is 10.1. The van der Waals surface area contributed by atoms with Crippen molar-refractivity contribution in [2.45, 2.75) is 23.0 Å². The van der Waals surface area contributed by atoms with Crippen LogP contribution in [-0.4, -0.2) is 43.7 Å². The summed E-state index contributed by atoms with van der Waals surface area (Å²) in [4.78, 5) is 6.80. The third-order valence-corrected chi connectivity index (χ3v) is 6.79. The molecule has 0 spiro atoms. The summed E-state index contributed by atoms with van der Waals surface area (Å²) in [5, 5.41) is -0.242. The molecule has 1 fully saturated rings. The van der Waals surface area contributed by atoms with Crippen LogP contribution in [0.1, 0.15) is 12.8 Å². The van der Waals surface area contributed by atoms with E-state index in [-0.39, 0.29) is 5.25 Å². The number of hydrogen-bond donors (Lipinski definition) is 0. The average molecular weight is 296 g/mol. The van der Waals surface area contributed by atoms with Crippen LogP contribution in [-0.2, 0) is 9.84 Å². The first-order chi connectivity index (χ1) is 9.07. The Morgan fingerprint density at radius 3 is 2.79 bits per heavy atom. The Morgan fingerprint density at radius 1 is 1.32 bits per heavy atom. The van der Waals surface area contributed by atoms with Crippen molar-refractivity contribution in [1.29, 1.82) is 0 Å². The lowest BCUT2D eigenvalue weighted by Crippen LogP contribution is -2.37. The summed E-state index contributed by atoms with van der Waals surface area (Å²) in [6, 6.07) is 5.25. The first-order valence-electron chi connectivity index (χ1n) is 6.33. The largest absolute Gasteiger partial charge is 0.306 e. The van der Waals surface area contributed by atoms with E-state index in [1.165, 1.54) is 11.3 Å². The highest BCUT2D eigenvalue weighted by Crippen LogP contribution is 2.27. The van der Waals surface area contributed by atoms with Crippen LogP contribution in [0.25, 0.3) is 10.2 Å². The van der Waals surface area contributed by atoms with Gasteiger partial charge in [-0.3, -0.25) is 0 Å². The molecule has 0 unspecified atom stereocenters. The summed E-state index contributed by atoms with van der Waals surface area (Å²) in [5.74, 6) is 0. The van der Waals surface area contributed by atoms with Crippen LogP contribution in [0.15, 0.2) is 28.6 Å². The number of rotatable bonds is 2. The molecule has 1 aromatic carbocycles. The summed E-state index contributed by atoms with van der Waals surface area (Å²) < 4.78 is 26.2. The van der Waals surface area contributed by atoms with E-state index in [1.807, 2.05) is 7.05 Å². The number of benzene rings is 1. The maximum Gasteiger partial charge on any atom is 0.181 e. The Hall–Kier alpha value is -0.980. The molecule has 1 saturated heterocycles. The van der Waals surface area contributed by atoms with Crippen molar-refractivity contribution in [2.75, 3.05) is 20.1 Å². The summed E-state index contributed by atoms with van der Waals surface area (Å²) in [6.45, 7) is 1.71. The molecule has 1 aromatic heterocycles. The summed E-state index contributed by atoms with van der Waals surface area (Å²) in [7, 11) is -1.17. The Labute approximate surface area is 117 Å². The van der Waals surface area contributed by atoms with Gasteiger partial charge >= 0.3 is 0 Å². The number of nitrogens with zero attached hydrogens (tertiary/aromatic N) is 2. The van der Waals surface area contributed by atoms with Crippen LogP contribution in [0, 0.1) is 0 Å². The number of likely N-dealkylation sites (tertiary alicyclic amines) is 1. The summed E-state index contributed by atoms with van der Waals surface area (Å²) in [6.07, 6.45) is 1.44. The molecule has 0 aliphatic carbocycles. The van der Waals surface area contributed by atoms with Gasteiger partial charge in [0.1, 0.15) is 0 Å². The molecule has 102 valence electrons. The SMILES string of the molecule is CN1CCC(S(=O)(=O)c2ccc3ncsc3c2)CC1. The zero-order chi connectivity index (χ0) is 13.5. The predicted octanol–water partition coefficient (Wildman–Crippen LogP) is 2.16. The van der Waals surface area contributed by atoms with E-state index < -0.39 is 9.84 Å². The minimum absolute atomic E-state index is 0.242. The minimum Gasteiger partial charge on any atom is -0.306 e. The first kappa shape index (κ1) is 13.0. The second-order valence-electron chi connectivity index (χ2n) is 5.03. The maximum atomic E-state index is 12.6. The van der Waals surface area contributed by atoms with Crippen LogP contribution in [0.3, 0.4) is 0 Å². The van der Waals surface area contributed by atoms with Gasteiger partial charge in [-0.05, 0) is 51.2 Å². The molecule has 0 radical (unpaired) electrons. The lowest BCUT2D eigenvalue weighted by Gasteiger charge is -2.28. The van der Waals surface area contributed by atoms with E-state index in [0.717, 1.165) is 36.1 Å². The number of aromatic nitrogens is 1. The molecule has 0 amide bonds. The summed E-state index contributed by atoms with van der Waals surface area (Å²) >= 11 is 1.48. The normalized spacial score (nSPS) is 19.0. The van der Waals surface area contributed by atoms with Gasteiger partial charge in [-0.2, -0.15) is 0 Å². The second-order valence-corrected chi connectivity index (χ2v) is 8.14. The molecule has 4 nitrogen and oxygen atoms in total. The third kappa shape index (κ3) is 2.40. The molecule has 2 heterocycles. The van der Waals surface area contributed by atoms with Crippen molar-refractivity contribution in [3.8, 4) is 0 Å². The monoisotopic (exact) mass is 296 g/mol. The molecule has 6 heteroatoms. The highest BCUT2D eigenvalue weighted by molar-refractivity contribution is 7.92. The zero-order valence-corrected chi connectivity index (χ0v) is 12.4. The molecule has 0 bridgehead atoms. The highest BCUT2D eigenvalue weighted by atomic mass is 32.2. The van der Waals surface area contributed by atoms with E-state index in [4.69, 9.17) is 0 Å². The van der Waals surface area contributed by atoms with E-state index in [9.17, 15) is 8.42 Å². The zero-order valence-electron chi connectivity index (χ0n) is 10.7. The molecule has 3 rings (SSSR count). The number of hydrogen-bond acceptors (Lipinski definition) is 5. The Morgan fingerprint density at radius 2 is 2.05 bits per heavy atom. The topological polar surface area (TPSA) is 50.3 Å². The van der Waals surface area contributed by atoms with Gasteiger partial charge in [0.25, 0.3) is 0 Å². The van der Waals surface area contributed by atoms with Crippen molar-refractivity contribution < 1.29 is 8.42 Å². The maximum absolute atomic E-state index is 12.6. The smallest absolute Gasteiger partial charge is 0.181 e. The molecule has 19 heavy (non-hydrogen) atoms. The number of sulfone groups is 1. The van der Waals surface area contributed by atoms with Crippen LogP contribution < -0.4 is 0 Å². The molecular formula is C13H16N2O2S2. The molecule has 0 N–H and O–H groups in total. The van der Waals surface area contributed by atoms with E-state index in [0.29, 0.717) is 4.90 Å². The van der Waals surface area contributed by atoms with Gasteiger partial charge in [0.05, 0.1) is 25.9 Å². The molecular weight excluding hydrogens is 280 g/mol. The van der Waals surface area contributed by atoms with E-state index in [2.05, 4.69) is 9.88 Å². The van der Waals surface area contributed by atoms with Gasteiger partial charge < -0.3 is 4.90 Å². The van der Waals surface area contributed by atoms with Crippen molar-refractivity contribution in [3.05, 3.63) is 23.7 Å². The molecule has 1 aliphatic rings. The van der Waals surface area contributed by atoms with E-state index in [1.54, 1.807) is 23.7 Å². The van der Waals surface area contributed by atoms with Gasteiger partial charge in [0.15, 0.2) is 9.84 Å². The number of fused-ring (bicyclic) bond motifs is 1. The van der Waals surface area contributed by atoms with Gasteiger partial charge in [-0.1, -0.05) is 0 Å². The molecule has 1 aliphatic heterocycles. The van der Waals surface area contributed by atoms with Crippen LogP contribution in [0.5, 0.6) is 0 Å². The fraction of sp³-hybridized carbons (Fsp3) is 0.462. The summed E-state index contributed by atoms with van der Waals surface area (Å²) in [5.41, 5.74) is 2.61. The third-order valence-electron chi connectivity index (χ3n) is 3.74. The fourth-order valence-corrected chi connectivity index (χ4v) is 5.05. The minimum atomic E-state index is -3.20. The van der Waals surface area contributed by atoms with Crippen molar-refractivity contribution in [1.82, 2.24) is 9.88 Å². The first-order valence-corrected chi connectivity index (χ1v) is 8.75. The van der Waals surface area contributed by atoms with Crippen LogP contribution in [0.2, 0.25) is 0 Å². The predicted molar refractivity (Wildman–Crippen MR) is 77.3 cm³/mol. The lowest BCUT2D eigenvalue weighted by molar-refractivity contribution is 0.277. The Balaban J connectivity index is 1.94. The molecule has 2 aromatic rings. The van der Waals surface area contributed by atoms with E-state index >= 15 is 0 Å². The van der Waals surface area contributed by atoms with Crippen molar-refractivity contribution in [3.63, 3.8) is 0 Å². The second kappa shape index (κ2) is 4.85. The van der Waals surface area contributed by atoms with Crippen LogP contribution >= 0.6 is 11.3 Å². The van der Waals surface area contributed by atoms with Gasteiger partial charge in [0.2, 0.25) is 0 Å². The van der Waals surface area contributed by atoms with Crippen molar-refractivity contribution >= 4 is 31.4 Å². The fourth-order valence-electron chi connectivity index (χ4n) is 2.50. The van der Waals surface area contributed by atoms with Gasteiger partial charge in [-0.15, -0.1) is 11.3 Å². The number of thiazole rings is 1. The highest BCUT2D eigenvalue weighted by Gasteiger charge is 2.30. The quantitative estimate of drug-likeness (QED) is 0.852. The Bertz CT molecular complexity index is 685. The Kier molecular flexibility index (Phi) is 3.32. The van der Waals surface area contributed by atoms with Gasteiger partial charge in [-0.25, -0.2) is 13.4 Å². The van der Waals surface area contributed by atoms with Crippen LogP contribution in [0.4, 0.5) is 0 Å². The van der Waals surface area contributed by atoms with Crippen molar-refractivity contribution in [2.24, 2.45) is 0 Å². The average Bonchev–Trinajstić information content (AvgIpc) is 2.86. The number of piperidine rings is 1. The molecule has 0 saturated carbocycles. The molecule has 0 atom stereocenters.